The number of imide groups is 1. The first-order chi connectivity index (χ1) is 16.7. The lowest BCUT2D eigenvalue weighted by Gasteiger charge is -2.52. The van der Waals surface area contributed by atoms with Crippen molar-refractivity contribution in [3.63, 3.8) is 0 Å². The summed E-state index contributed by atoms with van der Waals surface area (Å²) in [7, 11) is 0. The van der Waals surface area contributed by atoms with Gasteiger partial charge in [0.2, 0.25) is 11.8 Å². The summed E-state index contributed by atoms with van der Waals surface area (Å²) in [6.45, 7) is 0. The predicted octanol–water partition coefficient (Wildman–Crippen LogP) is 4.85. The highest BCUT2D eigenvalue weighted by Gasteiger charge is 2.68. The molecule has 4 aromatic rings. The van der Waals surface area contributed by atoms with Crippen molar-refractivity contribution in [3.8, 4) is 0 Å². The van der Waals surface area contributed by atoms with E-state index in [0.29, 0.717) is 5.69 Å². The molecule has 2 bridgehead atoms. The SMILES string of the molecule is O=C1[C@@H]2C3c4ccccc4C(/C=N\O)(c4ccccc43)[C@@H]2C(=O)N1c1cccc2ccccc12. The summed E-state index contributed by atoms with van der Waals surface area (Å²) in [4.78, 5) is 29.8. The van der Waals surface area contributed by atoms with Gasteiger partial charge in [-0.1, -0.05) is 84.9 Å². The molecule has 1 heterocycles. The second-order valence-corrected chi connectivity index (χ2v) is 9.28. The Kier molecular flexibility index (Phi) is 3.76. The summed E-state index contributed by atoms with van der Waals surface area (Å²) in [6.07, 6.45) is 1.47. The molecule has 0 saturated carbocycles. The van der Waals surface area contributed by atoms with Gasteiger partial charge >= 0.3 is 0 Å². The topological polar surface area (TPSA) is 70.0 Å². The second-order valence-electron chi connectivity index (χ2n) is 9.28. The van der Waals surface area contributed by atoms with Gasteiger partial charge < -0.3 is 5.21 Å². The van der Waals surface area contributed by atoms with E-state index in [9.17, 15) is 14.8 Å². The predicted molar refractivity (Wildman–Crippen MR) is 129 cm³/mol. The molecule has 1 fully saturated rings. The molecule has 34 heavy (non-hydrogen) atoms. The lowest BCUT2D eigenvalue weighted by atomic mass is 9.47. The number of anilines is 1. The van der Waals surface area contributed by atoms with Gasteiger partial charge in [0.25, 0.3) is 0 Å². The molecule has 4 aromatic carbocycles. The number of oxime groups is 1. The maximum Gasteiger partial charge on any atom is 0.239 e. The molecule has 1 saturated heterocycles. The van der Waals surface area contributed by atoms with Crippen molar-refractivity contribution in [2.75, 3.05) is 4.90 Å². The highest BCUT2D eigenvalue weighted by molar-refractivity contribution is 6.27. The molecule has 164 valence electrons. The molecule has 2 atom stereocenters. The molecule has 4 aliphatic rings. The number of hydrogen-bond acceptors (Lipinski definition) is 4. The normalized spacial score (nSPS) is 26.7. The zero-order valence-electron chi connectivity index (χ0n) is 18.1. The van der Waals surface area contributed by atoms with Crippen molar-refractivity contribution in [1.29, 1.82) is 0 Å². The first-order valence-corrected chi connectivity index (χ1v) is 11.4. The van der Waals surface area contributed by atoms with Crippen LogP contribution in [0.2, 0.25) is 0 Å². The number of carbonyl (C=O) groups excluding carboxylic acids is 2. The van der Waals surface area contributed by atoms with Gasteiger partial charge in [0.1, 0.15) is 0 Å². The van der Waals surface area contributed by atoms with E-state index in [1.807, 2.05) is 91.0 Å². The minimum absolute atomic E-state index is 0.198. The minimum Gasteiger partial charge on any atom is -0.411 e. The molecule has 5 nitrogen and oxygen atoms in total. The molecule has 0 radical (unpaired) electrons. The average molecular weight is 444 g/mol. The van der Waals surface area contributed by atoms with Gasteiger partial charge in [0.05, 0.1) is 29.2 Å². The Bertz CT molecular complexity index is 1500. The van der Waals surface area contributed by atoms with Gasteiger partial charge in [-0.3, -0.25) is 9.59 Å². The van der Waals surface area contributed by atoms with Crippen molar-refractivity contribution in [2.24, 2.45) is 17.0 Å². The number of carbonyl (C=O) groups is 2. The Labute approximate surface area is 195 Å². The van der Waals surface area contributed by atoms with E-state index in [4.69, 9.17) is 0 Å². The fourth-order valence-corrected chi connectivity index (χ4v) is 6.78. The van der Waals surface area contributed by atoms with E-state index in [1.54, 1.807) is 0 Å². The van der Waals surface area contributed by atoms with Gasteiger partial charge in [-0.25, -0.2) is 4.90 Å². The van der Waals surface area contributed by atoms with Crippen molar-refractivity contribution in [3.05, 3.63) is 113 Å². The maximum atomic E-state index is 14.2. The fourth-order valence-electron chi connectivity index (χ4n) is 6.78. The van der Waals surface area contributed by atoms with E-state index in [0.717, 1.165) is 33.0 Å². The Balaban J connectivity index is 1.53. The van der Waals surface area contributed by atoms with Gasteiger partial charge in [-0.15, -0.1) is 5.16 Å². The summed E-state index contributed by atoms with van der Waals surface area (Å²) in [5, 5.41) is 15.2. The standard InChI is InChI=1S/C29H20N2O3/c32-27-25-24-19-11-3-5-13-21(19)29(16-30-34,22-14-6-4-12-20(22)24)26(25)28(33)31(27)23-15-7-9-17-8-1-2-10-18(17)23/h1-16,24-26,34H/b30-16-/t24?,25-,26+,29?/m1/s1. The number of amides is 2. The summed E-state index contributed by atoms with van der Waals surface area (Å²) in [5.74, 6) is -1.95. The number of hydrogen-bond donors (Lipinski definition) is 1. The van der Waals surface area contributed by atoms with E-state index in [2.05, 4.69) is 5.16 Å². The van der Waals surface area contributed by atoms with Crippen molar-refractivity contribution in [1.82, 2.24) is 0 Å². The van der Waals surface area contributed by atoms with Gasteiger partial charge in [-0.05, 0) is 33.7 Å². The highest BCUT2D eigenvalue weighted by atomic mass is 16.4. The monoisotopic (exact) mass is 444 g/mol. The molecule has 0 spiro atoms. The molecule has 3 aliphatic carbocycles. The third kappa shape index (κ3) is 2.12. The highest BCUT2D eigenvalue weighted by Crippen LogP contribution is 2.63. The second kappa shape index (κ2) is 6.64. The maximum absolute atomic E-state index is 14.2. The summed E-state index contributed by atoms with van der Waals surface area (Å²) < 4.78 is 0. The first-order valence-electron chi connectivity index (χ1n) is 11.4. The van der Waals surface area contributed by atoms with E-state index < -0.39 is 17.3 Å². The van der Waals surface area contributed by atoms with Crippen LogP contribution in [0.15, 0.2) is 96.2 Å². The Hall–Kier alpha value is -4.25. The minimum atomic E-state index is -1.02. The summed E-state index contributed by atoms with van der Waals surface area (Å²) in [5.41, 5.74) is 3.47. The van der Waals surface area contributed by atoms with Crippen molar-refractivity contribution in [2.45, 2.75) is 11.3 Å². The van der Waals surface area contributed by atoms with Crippen LogP contribution in [-0.4, -0.2) is 23.2 Å². The third-order valence-electron chi connectivity index (χ3n) is 7.95. The van der Waals surface area contributed by atoms with Crippen LogP contribution in [0, 0.1) is 11.8 Å². The van der Waals surface area contributed by atoms with Crippen LogP contribution in [0.3, 0.4) is 0 Å². The van der Waals surface area contributed by atoms with Crippen LogP contribution in [0.1, 0.15) is 28.2 Å². The summed E-state index contributed by atoms with van der Waals surface area (Å²) in [6, 6.07) is 29.3. The van der Waals surface area contributed by atoms with Gasteiger partial charge in [0, 0.05) is 11.3 Å². The largest absolute Gasteiger partial charge is 0.411 e. The van der Waals surface area contributed by atoms with Gasteiger partial charge in [-0.2, -0.15) is 0 Å². The lowest BCUT2D eigenvalue weighted by molar-refractivity contribution is -0.122. The molecule has 0 unspecified atom stereocenters. The summed E-state index contributed by atoms with van der Waals surface area (Å²) >= 11 is 0. The van der Waals surface area contributed by atoms with Crippen LogP contribution in [0.4, 0.5) is 5.69 Å². The first kappa shape index (κ1) is 19.2. The molecule has 2 amide bonds. The molecule has 1 aliphatic heterocycles. The number of nitrogens with zero attached hydrogens (tertiary/aromatic N) is 2. The molecule has 0 aromatic heterocycles. The van der Waals surface area contributed by atoms with E-state index in [-0.39, 0.29) is 17.7 Å². The Morgan fingerprint density at radius 1 is 0.765 bits per heavy atom. The third-order valence-corrected chi connectivity index (χ3v) is 7.95. The number of rotatable bonds is 2. The van der Waals surface area contributed by atoms with Crippen LogP contribution >= 0.6 is 0 Å². The smallest absolute Gasteiger partial charge is 0.239 e. The molecule has 8 rings (SSSR count). The Morgan fingerprint density at radius 3 is 2.09 bits per heavy atom. The number of fused-ring (bicyclic) bond motifs is 1. The quantitative estimate of drug-likeness (QED) is 0.208. The molecular weight excluding hydrogens is 424 g/mol. The van der Waals surface area contributed by atoms with Crippen LogP contribution in [0.25, 0.3) is 10.8 Å². The average Bonchev–Trinajstić information content (AvgIpc) is 3.15. The van der Waals surface area contributed by atoms with Crippen LogP contribution in [-0.2, 0) is 15.0 Å². The zero-order valence-corrected chi connectivity index (χ0v) is 18.1. The van der Waals surface area contributed by atoms with Crippen LogP contribution < -0.4 is 4.90 Å². The molecule has 5 heteroatoms. The van der Waals surface area contributed by atoms with Crippen LogP contribution in [0.5, 0.6) is 0 Å². The molecular formula is C29H20N2O3. The zero-order chi connectivity index (χ0) is 23.0. The fraction of sp³-hybridized carbons (Fsp3) is 0.138. The van der Waals surface area contributed by atoms with E-state index >= 15 is 0 Å². The van der Waals surface area contributed by atoms with Crippen molar-refractivity contribution >= 4 is 34.5 Å². The Morgan fingerprint density at radius 2 is 1.38 bits per heavy atom. The van der Waals surface area contributed by atoms with E-state index in [1.165, 1.54) is 11.1 Å². The van der Waals surface area contributed by atoms with Gasteiger partial charge in [0.15, 0.2) is 0 Å². The molecule has 1 N–H and O–H groups in total. The lowest BCUT2D eigenvalue weighted by Crippen LogP contribution is -2.54. The van der Waals surface area contributed by atoms with Crippen molar-refractivity contribution < 1.29 is 14.8 Å². The number of benzene rings is 4.